The molecule has 11 N–H and O–H groups in total. The van der Waals surface area contributed by atoms with Gasteiger partial charge in [0.15, 0.2) is 5.96 Å². The Morgan fingerprint density at radius 2 is 1.79 bits per heavy atom. The van der Waals surface area contributed by atoms with E-state index >= 15 is 0 Å². The first kappa shape index (κ1) is 31.0. The number of aliphatic imine (C=N–C) groups is 1. The number of carboxylic acid groups (broad SMARTS) is 1. The lowest BCUT2D eigenvalue weighted by atomic mass is 10.0. The average Bonchev–Trinajstić information content (AvgIpc) is 3.77. The molecule has 1 fully saturated rings. The van der Waals surface area contributed by atoms with Gasteiger partial charge in [-0.3, -0.25) is 19.4 Å². The number of aromatic amines is 2. The molecule has 230 valence electrons. The number of aromatic nitrogens is 3. The van der Waals surface area contributed by atoms with Crippen LogP contribution in [0.25, 0.3) is 10.9 Å². The van der Waals surface area contributed by atoms with Crippen LogP contribution in [0.5, 0.6) is 0 Å². The van der Waals surface area contributed by atoms with E-state index in [1.807, 2.05) is 24.3 Å². The fourth-order valence-electron chi connectivity index (χ4n) is 5.04. The summed E-state index contributed by atoms with van der Waals surface area (Å²) >= 11 is 0. The summed E-state index contributed by atoms with van der Waals surface area (Å²) in [5, 5.41) is 22.0. The number of amides is 3. The molecule has 3 heterocycles. The van der Waals surface area contributed by atoms with Crippen molar-refractivity contribution in [2.45, 2.75) is 62.7 Å². The minimum absolute atomic E-state index is 0.0205. The lowest BCUT2D eigenvalue weighted by molar-refractivity contribution is -0.142. The average molecular weight is 595 g/mol. The topological polar surface area (TPSA) is 245 Å². The molecule has 4 atom stereocenters. The number of rotatable bonds is 15. The number of carbonyl (C=O) groups is 4. The van der Waals surface area contributed by atoms with Crippen LogP contribution in [0.4, 0.5) is 0 Å². The summed E-state index contributed by atoms with van der Waals surface area (Å²) in [6.07, 6.45) is 6.76. The van der Waals surface area contributed by atoms with E-state index in [-0.39, 0.29) is 37.7 Å². The van der Waals surface area contributed by atoms with Gasteiger partial charge in [0.1, 0.15) is 18.1 Å². The van der Waals surface area contributed by atoms with Gasteiger partial charge in [-0.1, -0.05) is 18.2 Å². The SMILES string of the molecule is NC(N)=NCCCC(NC(=O)C(Cc1cnc[nH]1)NC(=O)C1CCCN1)C(=O)NC(Cc1c[nH]c2ccccc12)C(=O)O. The third kappa shape index (κ3) is 8.78. The van der Waals surface area contributed by atoms with Crippen molar-refractivity contribution in [2.75, 3.05) is 13.1 Å². The molecule has 1 aliphatic heterocycles. The van der Waals surface area contributed by atoms with Gasteiger partial charge >= 0.3 is 5.97 Å². The molecule has 15 nitrogen and oxygen atoms in total. The molecule has 1 aliphatic rings. The molecule has 4 unspecified atom stereocenters. The van der Waals surface area contributed by atoms with Crippen molar-refractivity contribution in [3.63, 3.8) is 0 Å². The van der Waals surface area contributed by atoms with E-state index in [0.717, 1.165) is 22.9 Å². The number of para-hydroxylation sites is 1. The molecule has 0 bridgehead atoms. The van der Waals surface area contributed by atoms with Crippen molar-refractivity contribution in [1.82, 2.24) is 36.2 Å². The zero-order valence-electron chi connectivity index (χ0n) is 23.6. The van der Waals surface area contributed by atoms with Gasteiger partial charge in [-0.2, -0.15) is 0 Å². The van der Waals surface area contributed by atoms with Crippen LogP contribution in [0, 0.1) is 0 Å². The van der Waals surface area contributed by atoms with Gasteiger partial charge in [0.25, 0.3) is 0 Å². The van der Waals surface area contributed by atoms with E-state index in [0.29, 0.717) is 25.1 Å². The highest BCUT2D eigenvalue weighted by atomic mass is 16.4. The first-order chi connectivity index (χ1) is 20.7. The van der Waals surface area contributed by atoms with Crippen LogP contribution in [0.15, 0.2) is 48.0 Å². The van der Waals surface area contributed by atoms with Crippen molar-refractivity contribution < 1.29 is 24.3 Å². The number of benzene rings is 1. The zero-order valence-corrected chi connectivity index (χ0v) is 23.6. The molecule has 3 aromatic rings. The minimum atomic E-state index is -1.27. The monoisotopic (exact) mass is 594 g/mol. The second-order valence-electron chi connectivity index (χ2n) is 10.5. The number of aliphatic carboxylic acids is 1. The molecule has 3 amide bonds. The number of guanidine groups is 1. The number of imidazole rings is 1. The predicted octanol–water partition coefficient (Wildman–Crippen LogP) is -0.979. The number of nitrogens with one attached hydrogen (secondary N) is 6. The van der Waals surface area contributed by atoms with Crippen molar-refractivity contribution in [3.05, 3.63) is 54.2 Å². The van der Waals surface area contributed by atoms with Crippen molar-refractivity contribution in [2.24, 2.45) is 16.5 Å². The van der Waals surface area contributed by atoms with Gasteiger partial charge in [0.2, 0.25) is 17.7 Å². The quantitative estimate of drug-likeness (QED) is 0.0595. The van der Waals surface area contributed by atoms with Gasteiger partial charge < -0.3 is 47.8 Å². The van der Waals surface area contributed by atoms with Crippen molar-refractivity contribution >= 4 is 40.6 Å². The summed E-state index contributed by atoms with van der Waals surface area (Å²) in [6.45, 7) is 0.901. The van der Waals surface area contributed by atoms with E-state index in [9.17, 15) is 24.3 Å². The second-order valence-corrected chi connectivity index (χ2v) is 10.5. The second kappa shape index (κ2) is 14.8. The summed E-state index contributed by atoms with van der Waals surface area (Å²) in [6, 6.07) is 3.61. The molecular weight excluding hydrogens is 556 g/mol. The Labute approximate surface area is 247 Å². The molecule has 1 aromatic carbocycles. The van der Waals surface area contributed by atoms with E-state index in [2.05, 4.69) is 41.2 Å². The van der Waals surface area contributed by atoms with Gasteiger partial charge in [0.05, 0.1) is 12.4 Å². The Hall–Kier alpha value is -4.92. The molecule has 43 heavy (non-hydrogen) atoms. The molecule has 0 aliphatic carbocycles. The van der Waals surface area contributed by atoms with Crippen molar-refractivity contribution in [1.29, 1.82) is 0 Å². The Kier molecular flexibility index (Phi) is 10.7. The lowest BCUT2D eigenvalue weighted by Gasteiger charge is -2.25. The van der Waals surface area contributed by atoms with Crippen LogP contribution < -0.4 is 32.7 Å². The Morgan fingerprint density at radius 3 is 2.49 bits per heavy atom. The van der Waals surface area contributed by atoms with Gasteiger partial charge in [0, 0.05) is 48.4 Å². The summed E-state index contributed by atoms with van der Waals surface area (Å²) < 4.78 is 0. The van der Waals surface area contributed by atoms with Gasteiger partial charge in [-0.05, 0) is 43.9 Å². The maximum Gasteiger partial charge on any atom is 0.326 e. The fraction of sp³-hybridized carbons (Fsp3) is 0.429. The number of carbonyl (C=O) groups excluding carboxylic acids is 3. The molecule has 0 radical (unpaired) electrons. The Bertz CT molecular complexity index is 1430. The summed E-state index contributed by atoms with van der Waals surface area (Å²) in [7, 11) is 0. The largest absolute Gasteiger partial charge is 0.480 e. The zero-order chi connectivity index (χ0) is 30.8. The maximum atomic E-state index is 13.5. The number of carboxylic acids is 1. The van der Waals surface area contributed by atoms with Crippen LogP contribution in [0.2, 0.25) is 0 Å². The number of nitrogens with two attached hydrogens (primary N) is 2. The standard InChI is InChI=1S/C28H38N10O5/c29-28(30)33-10-4-8-21(25(40)38-23(27(42)43)11-16-13-34-19-6-2-1-5-18(16)19)36-26(41)22(12-17-14-31-15-35-17)37-24(39)20-7-3-9-32-20/h1-2,5-6,13-15,20-23,32,34H,3-4,7-12H2,(H,31,35)(H,36,41)(H,37,39)(H,38,40)(H,42,43)(H4,29,30,33). The smallest absolute Gasteiger partial charge is 0.326 e. The minimum Gasteiger partial charge on any atom is -0.480 e. The van der Waals surface area contributed by atoms with Crippen LogP contribution in [0.1, 0.15) is 36.9 Å². The fourth-order valence-corrected chi connectivity index (χ4v) is 5.04. The molecule has 0 spiro atoms. The van der Waals surface area contributed by atoms with Crippen LogP contribution in [0.3, 0.4) is 0 Å². The van der Waals surface area contributed by atoms with Crippen LogP contribution in [-0.4, -0.2) is 87.0 Å². The van der Waals surface area contributed by atoms with E-state index < -0.39 is 42.0 Å². The summed E-state index contributed by atoms with van der Waals surface area (Å²) in [5.41, 5.74) is 13.0. The third-order valence-corrected chi connectivity index (χ3v) is 7.28. The van der Waals surface area contributed by atoms with Crippen molar-refractivity contribution in [3.8, 4) is 0 Å². The molecule has 15 heteroatoms. The third-order valence-electron chi connectivity index (χ3n) is 7.28. The molecular formula is C28H38N10O5. The van der Waals surface area contributed by atoms with Gasteiger partial charge in [-0.15, -0.1) is 0 Å². The summed E-state index contributed by atoms with van der Waals surface area (Å²) in [5.74, 6) is -2.95. The molecule has 1 saturated heterocycles. The van der Waals surface area contributed by atoms with Crippen LogP contribution >= 0.6 is 0 Å². The highest BCUT2D eigenvalue weighted by molar-refractivity contribution is 5.94. The number of nitrogens with zero attached hydrogens (tertiary/aromatic N) is 2. The first-order valence-electron chi connectivity index (χ1n) is 14.2. The first-order valence-corrected chi connectivity index (χ1v) is 14.2. The lowest BCUT2D eigenvalue weighted by Crippen LogP contribution is -2.57. The van der Waals surface area contributed by atoms with Crippen LogP contribution in [-0.2, 0) is 32.0 Å². The number of fused-ring (bicyclic) bond motifs is 1. The van der Waals surface area contributed by atoms with E-state index in [4.69, 9.17) is 11.5 Å². The summed E-state index contributed by atoms with van der Waals surface area (Å²) in [4.78, 5) is 66.0. The maximum absolute atomic E-state index is 13.5. The number of hydrogen-bond donors (Lipinski definition) is 9. The highest BCUT2D eigenvalue weighted by Crippen LogP contribution is 2.19. The molecule has 2 aromatic heterocycles. The predicted molar refractivity (Wildman–Crippen MR) is 159 cm³/mol. The highest BCUT2D eigenvalue weighted by Gasteiger charge is 2.32. The Balaban J connectivity index is 1.49. The number of hydrogen-bond acceptors (Lipinski definition) is 7. The Morgan fingerprint density at radius 1 is 1.02 bits per heavy atom. The normalized spacial score (nSPS) is 16.6. The molecule has 4 rings (SSSR count). The van der Waals surface area contributed by atoms with E-state index in [1.54, 1.807) is 12.4 Å². The van der Waals surface area contributed by atoms with Gasteiger partial charge in [-0.25, -0.2) is 9.78 Å². The molecule has 0 saturated carbocycles. The van der Waals surface area contributed by atoms with E-state index in [1.165, 1.54) is 6.33 Å². The number of H-pyrrole nitrogens is 2.